The molecular formula is C15H22IN. The molecule has 0 saturated heterocycles. The molecular weight excluding hydrogens is 321 g/mol. The van der Waals surface area contributed by atoms with Crippen LogP contribution in [0.15, 0.2) is 24.3 Å². The molecule has 2 heteroatoms. The highest BCUT2D eigenvalue weighted by Crippen LogP contribution is 2.44. The van der Waals surface area contributed by atoms with Crippen molar-refractivity contribution in [2.45, 2.75) is 45.1 Å². The third kappa shape index (κ3) is 3.02. The first-order chi connectivity index (χ1) is 8.26. The molecule has 0 amide bonds. The van der Waals surface area contributed by atoms with Gasteiger partial charge in [-0.3, -0.25) is 0 Å². The number of hydrogen-bond donors (Lipinski definition) is 1. The van der Waals surface area contributed by atoms with Gasteiger partial charge in [0.1, 0.15) is 0 Å². The maximum Gasteiger partial charge on any atom is 0.0130 e. The summed E-state index contributed by atoms with van der Waals surface area (Å²) in [6.07, 6.45) is 3.85. The fourth-order valence-electron chi connectivity index (χ4n) is 2.93. The van der Waals surface area contributed by atoms with E-state index in [1.165, 1.54) is 34.9 Å². The Morgan fingerprint density at radius 2 is 1.94 bits per heavy atom. The zero-order chi connectivity index (χ0) is 12.3. The van der Waals surface area contributed by atoms with Gasteiger partial charge in [0.2, 0.25) is 0 Å². The van der Waals surface area contributed by atoms with E-state index in [2.05, 4.69) is 66.0 Å². The summed E-state index contributed by atoms with van der Waals surface area (Å²) >= 11 is 2.37. The second-order valence-corrected chi connectivity index (χ2v) is 6.27. The van der Waals surface area contributed by atoms with Gasteiger partial charge in [-0.05, 0) is 71.5 Å². The van der Waals surface area contributed by atoms with Gasteiger partial charge in [0.25, 0.3) is 0 Å². The lowest BCUT2D eigenvalue weighted by atomic mass is 9.65. The minimum atomic E-state index is 0.754. The fraction of sp³-hybridized carbons (Fsp3) is 0.600. The number of hydrogen-bond acceptors (Lipinski definition) is 1. The Balaban J connectivity index is 1.97. The van der Waals surface area contributed by atoms with Crippen LogP contribution in [0.5, 0.6) is 0 Å². The Labute approximate surface area is 119 Å². The average molecular weight is 343 g/mol. The maximum atomic E-state index is 3.68. The molecule has 94 valence electrons. The van der Waals surface area contributed by atoms with Gasteiger partial charge < -0.3 is 5.32 Å². The van der Waals surface area contributed by atoms with Crippen molar-refractivity contribution in [3.05, 3.63) is 33.4 Å². The summed E-state index contributed by atoms with van der Waals surface area (Å²) in [7, 11) is 0. The molecule has 1 aliphatic carbocycles. The third-order valence-corrected chi connectivity index (χ3v) is 4.69. The highest BCUT2D eigenvalue weighted by atomic mass is 127. The van der Waals surface area contributed by atoms with E-state index in [9.17, 15) is 0 Å². The molecule has 2 rings (SSSR count). The predicted molar refractivity (Wildman–Crippen MR) is 82.4 cm³/mol. The first kappa shape index (κ1) is 13.3. The highest BCUT2D eigenvalue weighted by molar-refractivity contribution is 14.1. The zero-order valence-corrected chi connectivity index (χ0v) is 12.9. The molecule has 0 radical (unpaired) electrons. The van der Waals surface area contributed by atoms with E-state index < -0.39 is 0 Å². The molecule has 1 saturated carbocycles. The van der Waals surface area contributed by atoms with E-state index >= 15 is 0 Å². The lowest BCUT2D eigenvalue weighted by molar-refractivity contribution is 0.161. The lowest BCUT2D eigenvalue weighted by Gasteiger charge is -2.45. The summed E-state index contributed by atoms with van der Waals surface area (Å²) in [5, 5.41) is 3.68. The van der Waals surface area contributed by atoms with E-state index in [0.717, 1.165) is 17.9 Å². The van der Waals surface area contributed by atoms with Crippen molar-refractivity contribution in [3.8, 4) is 0 Å². The van der Waals surface area contributed by atoms with Crippen LogP contribution in [0.3, 0.4) is 0 Å². The van der Waals surface area contributed by atoms with Crippen molar-refractivity contribution < 1.29 is 0 Å². The van der Waals surface area contributed by atoms with Gasteiger partial charge in [-0.25, -0.2) is 0 Å². The average Bonchev–Trinajstić information content (AvgIpc) is 2.31. The van der Waals surface area contributed by atoms with Crippen molar-refractivity contribution in [1.29, 1.82) is 0 Å². The van der Waals surface area contributed by atoms with Crippen LogP contribution in [0.1, 0.15) is 44.6 Å². The Hall–Kier alpha value is -0.0900. The number of rotatable bonds is 5. The van der Waals surface area contributed by atoms with Gasteiger partial charge in [-0.2, -0.15) is 0 Å². The molecule has 0 heterocycles. The minimum absolute atomic E-state index is 0.754. The summed E-state index contributed by atoms with van der Waals surface area (Å²) < 4.78 is 1.33. The molecule has 1 aliphatic rings. The van der Waals surface area contributed by atoms with Crippen molar-refractivity contribution in [3.63, 3.8) is 0 Å². The Bertz CT molecular complexity index is 346. The Morgan fingerprint density at radius 1 is 1.24 bits per heavy atom. The van der Waals surface area contributed by atoms with Crippen molar-refractivity contribution in [1.82, 2.24) is 5.32 Å². The quantitative estimate of drug-likeness (QED) is 0.791. The van der Waals surface area contributed by atoms with Crippen molar-refractivity contribution in [2.75, 3.05) is 6.54 Å². The van der Waals surface area contributed by atoms with E-state index in [4.69, 9.17) is 0 Å². The first-order valence-corrected chi connectivity index (χ1v) is 7.83. The molecule has 1 fully saturated rings. The van der Waals surface area contributed by atoms with Crippen LogP contribution in [0.2, 0.25) is 0 Å². The predicted octanol–water partition coefficient (Wildman–Crippen LogP) is 4.17. The van der Waals surface area contributed by atoms with Gasteiger partial charge in [0.05, 0.1) is 0 Å². The van der Waals surface area contributed by atoms with Gasteiger partial charge in [0, 0.05) is 9.61 Å². The Kier molecular flexibility index (Phi) is 4.86. The summed E-state index contributed by atoms with van der Waals surface area (Å²) in [5.74, 6) is 1.62. The standard InChI is InChI=1S/C15H22IN/c1-3-9-17-15-10-14(13(15)4-2)11-5-7-12(16)8-6-11/h5-8,13-15,17H,3-4,9-10H2,1-2H3. The van der Waals surface area contributed by atoms with E-state index in [1.54, 1.807) is 0 Å². The Morgan fingerprint density at radius 3 is 2.53 bits per heavy atom. The molecule has 3 atom stereocenters. The molecule has 0 aliphatic heterocycles. The van der Waals surface area contributed by atoms with Gasteiger partial charge >= 0.3 is 0 Å². The first-order valence-electron chi connectivity index (χ1n) is 6.75. The van der Waals surface area contributed by atoms with Crippen LogP contribution in [-0.4, -0.2) is 12.6 Å². The third-order valence-electron chi connectivity index (χ3n) is 3.97. The van der Waals surface area contributed by atoms with Gasteiger partial charge in [0.15, 0.2) is 0 Å². The molecule has 1 aromatic carbocycles. The summed E-state index contributed by atoms with van der Waals surface area (Å²) in [6.45, 7) is 5.73. The van der Waals surface area contributed by atoms with E-state index in [1.807, 2.05) is 0 Å². The summed E-state index contributed by atoms with van der Waals surface area (Å²) in [4.78, 5) is 0. The zero-order valence-electron chi connectivity index (χ0n) is 10.7. The van der Waals surface area contributed by atoms with E-state index in [-0.39, 0.29) is 0 Å². The monoisotopic (exact) mass is 343 g/mol. The molecule has 17 heavy (non-hydrogen) atoms. The van der Waals surface area contributed by atoms with Gasteiger partial charge in [-0.1, -0.05) is 32.4 Å². The summed E-state index contributed by atoms with van der Waals surface area (Å²) in [5.41, 5.74) is 1.53. The number of halogens is 1. The number of benzene rings is 1. The van der Waals surface area contributed by atoms with Crippen molar-refractivity contribution in [2.24, 2.45) is 5.92 Å². The molecule has 1 nitrogen and oxygen atoms in total. The maximum absolute atomic E-state index is 3.68. The molecule has 3 unspecified atom stereocenters. The van der Waals surface area contributed by atoms with Crippen LogP contribution >= 0.6 is 22.6 Å². The largest absolute Gasteiger partial charge is 0.314 e. The second-order valence-electron chi connectivity index (χ2n) is 5.03. The van der Waals surface area contributed by atoms with E-state index in [0.29, 0.717) is 0 Å². The minimum Gasteiger partial charge on any atom is -0.314 e. The molecule has 0 aromatic heterocycles. The highest BCUT2D eigenvalue weighted by Gasteiger charge is 2.39. The SMILES string of the molecule is CCCNC1CC(c2ccc(I)cc2)C1CC. The van der Waals surface area contributed by atoms with Crippen LogP contribution in [-0.2, 0) is 0 Å². The normalized spacial score (nSPS) is 27.8. The van der Waals surface area contributed by atoms with Crippen molar-refractivity contribution >= 4 is 22.6 Å². The smallest absolute Gasteiger partial charge is 0.0130 e. The van der Waals surface area contributed by atoms with Crippen LogP contribution in [0, 0.1) is 9.49 Å². The molecule has 1 N–H and O–H groups in total. The molecule has 1 aromatic rings. The lowest BCUT2D eigenvalue weighted by Crippen LogP contribution is -2.49. The second kappa shape index (κ2) is 6.19. The van der Waals surface area contributed by atoms with Crippen LogP contribution in [0.4, 0.5) is 0 Å². The molecule has 0 spiro atoms. The fourth-order valence-corrected chi connectivity index (χ4v) is 3.29. The molecule has 0 bridgehead atoms. The number of nitrogens with one attached hydrogen (secondary N) is 1. The van der Waals surface area contributed by atoms with Crippen LogP contribution in [0.25, 0.3) is 0 Å². The summed E-state index contributed by atoms with van der Waals surface area (Å²) in [6, 6.07) is 9.84. The van der Waals surface area contributed by atoms with Crippen LogP contribution < -0.4 is 5.32 Å². The topological polar surface area (TPSA) is 12.0 Å². The van der Waals surface area contributed by atoms with Gasteiger partial charge in [-0.15, -0.1) is 0 Å².